The van der Waals surface area contributed by atoms with Crippen molar-refractivity contribution < 1.29 is 14.7 Å². The fourth-order valence-electron chi connectivity index (χ4n) is 4.29. The van der Waals surface area contributed by atoms with Crippen molar-refractivity contribution in [2.24, 2.45) is 0 Å². The summed E-state index contributed by atoms with van der Waals surface area (Å²) in [4.78, 5) is 32.8. The molecule has 1 N–H and O–H groups in total. The predicted molar refractivity (Wildman–Crippen MR) is 142 cm³/mol. The molecular formula is C27H20Cl2N2O3S. The Hall–Kier alpha value is -3.19. The maximum Gasteiger partial charge on any atom is 0.301 e. The normalized spacial score (nSPS) is 17.5. The number of hydrogen-bond donors (Lipinski definition) is 1. The number of hydrogen-bond acceptors (Lipinski definition) is 5. The molecule has 1 aromatic heterocycles. The van der Waals surface area contributed by atoms with Crippen molar-refractivity contribution >= 4 is 67.3 Å². The molecule has 5 rings (SSSR count). The summed E-state index contributed by atoms with van der Waals surface area (Å²) in [6.07, 6.45) is 0. The molecule has 0 aliphatic carbocycles. The van der Waals surface area contributed by atoms with E-state index in [2.05, 4.69) is 4.98 Å². The van der Waals surface area contributed by atoms with Crippen LogP contribution in [0, 0.1) is 20.8 Å². The first-order chi connectivity index (χ1) is 16.7. The number of aromatic nitrogens is 1. The van der Waals surface area contributed by atoms with Gasteiger partial charge in [-0.25, -0.2) is 4.98 Å². The number of Topliss-reactive ketones (excluding diaryl/α,β-unsaturated/α-hetero) is 1. The smallest absolute Gasteiger partial charge is 0.301 e. The molecule has 1 saturated heterocycles. The van der Waals surface area contributed by atoms with E-state index in [1.54, 1.807) is 24.3 Å². The number of nitrogens with zero attached hydrogens (tertiary/aromatic N) is 2. The number of fused-ring (bicyclic) bond motifs is 1. The number of carbonyl (C=O) groups excluding carboxylic acids is 2. The van der Waals surface area contributed by atoms with Gasteiger partial charge >= 0.3 is 5.91 Å². The molecule has 5 nitrogen and oxygen atoms in total. The lowest BCUT2D eigenvalue weighted by Crippen LogP contribution is -2.29. The molecule has 1 aliphatic heterocycles. The third-order valence-electron chi connectivity index (χ3n) is 6.09. The molecule has 176 valence electrons. The van der Waals surface area contributed by atoms with Gasteiger partial charge in [-0.3, -0.25) is 14.5 Å². The molecule has 0 bridgehead atoms. The van der Waals surface area contributed by atoms with Crippen LogP contribution in [-0.2, 0) is 9.59 Å². The maximum absolute atomic E-state index is 13.4. The van der Waals surface area contributed by atoms with Crippen molar-refractivity contribution in [3.05, 3.63) is 98.0 Å². The number of ketones is 1. The molecule has 1 unspecified atom stereocenters. The third kappa shape index (κ3) is 4.01. The minimum absolute atomic E-state index is 0.0162. The second-order valence-electron chi connectivity index (χ2n) is 8.63. The SMILES string of the molecule is Cc1ccc(C)c(C(O)=C2C(=O)C(=O)N(c3nc4ccc(C)cc4s3)C2c2ccc(Cl)c(Cl)c2)c1. The lowest BCUT2D eigenvalue weighted by molar-refractivity contribution is -0.132. The Morgan fingerprint density at radius 3 is 2.40 bits per heavy atom. The fraction of sp³-hybridized carbons (Fsp3) is 0.148. The highest BCUT2D eigenvalue weighted by molar-refractivity contribution is 7.22. The topological polar surface area (TPSA) is 70.5 Å². The van der Waals surface area contributed by atoms with Gasteiger partial charge in [-0.1, -0.05) is 64.4 Å². The number of benzene rings is 3. The minimum Gasteiger partial charge on any atom is -0.507 e. The van der Waals surface area contributed by atoms with Crippen LogP contribution in [-0.4, -0.2) is 21.8 Å². The van der Waals surface area contributed by atoms with Gasteiger partial charge in [-0.05, 0) is 67.8 Å². The average Bonchev–Trinajstić information content (AvgIpc) is 3.34. The summed E-state index contributed by atoms with van der Waals surface area (Å²) in [6.45, 7) is 5.72. The minimum atomic E-state index is -0.925. The Kier molecular flexibility index (Phi) is 5.91. The van der Waals surface area contributed by atoms with E-state index in [0.29, 0.717) is 21.3 Å². The Balaban J connectivity index is 1.77. The van der Waals surface area contributed by atoms with E-state index in [0.717, 1.165) is 26.9 Å². The Labute approximate surface area is 216 Å². The van der Waals surface area contributed by atoms with Crippen LogP contribution in [0.15, 0.2) is 60.2 Å². The Morgan fingerprint density at radius 1 is 0.943 bits per heavy atom. The van der Waals surface area contributed by atoms with E-state index < -0.39 is 17.7 Å². The largest absolute Gasteiger partial charge is 0.507 e. The molecule has 1 fully saturated rings. The summed E-state index contributed by atoms with van der Waals surface area (Å²) in [5, 5.41) is 12.4. The number of carbonyl (C=O) groups is 2. The summed E-state index contributed by atoms with van der Waals surface area (Å²) < 4.78 is 0.893. The molecule has 3 aromatic carbocycles. The van der Waals surface area contributed by atoms with E-state index in [1.165, 1.54) is 16.2 Å². The van der Waals surface area contributed by atoms with E-state index in [-0.39, 0.29) is 16.4 Å². The Morgan fingerprint density at radius 2 is 1.66 bits per heavy atom. The first-order valence-corrected chi connectivity index (χ1v) is 12.4. The van der Waals surface area contributed by atoms with Gasteiger partial charge < -0.3 is 5.11 Å². The van der Waals surface area contributed by atoms with E-state index in [1.807, 2.05) is 51.1 Å². The first kappa shape index (κ1) is 23.5. The standard InChI is InChI=1S/C27H20Cl2N2O3S/c1-13-4-6-15(3)17(10-13)24(32)22-23(16-7-8-18(28)19(29)12-16)31(26(34)25(22)33)27-30-20-9-5-14(2)11-21(20)35-27/h4-12,23,32H,1-3H3. The highest BCUT2D eigenvalue weighted by Crippen LogP contribution is 2.45. The highest BCUT2D eigenvalue weighted by Gasteiger charge is 2.48. The summed E-state index contributed by atoms with van der Waals surface area (Å²) in [5.74, 6) is -1.78. The lowest BCUT2D eigenvalue weighted by atomic mass is 9.93. The molecule has 35 heavy (non-hydrogen) atoms. The molecule has 8 heteroatoms. The zero-order valence-corrected chi connectivity index (χ0v) is 21.4. The number of anilines is 1. The summed E-state index contributed by atoms with van der Waals surface area (Å²) >= 11 is 13.8. The summed E-state index contributed by atoms with van der Waals surface area (Å²) in [5.41, 5.74) is 4.50. The van der Waals surface area contributed by atoms with Gasteiger partial charge in [-0.2, -0.15) is 0 Å². The number of rotatable bonds is 3. The zero-order chi connectivity index (χ0) is 25.0. The highest BCUT2D eigenvalue weighted by atomic mass is 35.5. The number of halogens is 2. The van der Waals surface area contributed by atoms with Gasteiger partial charge in [-0.15, -0.1) is 0 Å². The molecule has 1 atom stereocenters. The molecular weight excluding hydrogens is 503 g/mol. The first-order valence-electron chi connectivity index (χ1n) is 10.9. The molecule has 0 saturated carbocycles. The van der Waals surface area contributed by atoms with Crippen LogP contribution in [0.25, 0.3) is 16.0 Å². The Bertz CT molecular complexity index is 1570. The number of aliphatic hydroxyl groups is 1. The zero-order valence-electron chi connectivity index (χ0n) is 19.1. The number of amides is 1. The molecule has 1 aliphatic rings. The van der Waals surface area contributed by atoms with Crippen LogP contribution in [0.2, 0.25) is 10.0 Å². The molecule has 2 heterocycles. The molecule has 0 radical (unpaired) electrons. The van der Waals surface area contributed by atoms with Crippen molar-refractivity contribution in [1.82, 2.24) is 4.98 Å². The second kappa shape index (κ2) is 8.79. The van der Waals surface area contributed by atoms with Crippen molar-refractivity contribution in [1.29, 1.82) is 0 Å². The van der Waals surface area contributed by atoms with Crippen molar-refractivity contribution in [3.8, 4) is 0 Å². The van der Waals surface area contributed by atoms with Crippen molar-refractivity contribution in [2.75, 3.05) is 4.90 Å². The van der Waals surface area contributed by atoms with Crippen LogP contribution in [0.4, 0.5) is 5.13 Å². The number of aliphatic hydroxyl groups excluding tert-OH is 1. The van der Waals surface area contributed by atoms with Gasteiger partial charge in [0.1, 0.15) is 5.76 Å². The fourth-order valence-corrected chi connectivity index (χ4v) is 5.68. The van der Waals surface area contributed by atoms with Gasteiger partial charge in [0.15, 0.2) is 5.13 Å². The van der Waals surface area contributed by atoms with E-state index in [4.69, 9.17) is 23.2 Å². The van der Waals surface area contributed by atoms with Gasteiger partial charge in [0.2, 0.25) is 0 Å². The summed E-state index contributed by atoms with van der Waals surface area (Å²) in [6, 6.07) is 15.4. The molecule has 4 aromatic rings. The van der Waals surface area contributed by atoms with Crippen LogP contribution in [0.5, 0.6) is 0 Å². The quantitative estimate of drug-likeness (QED) is 0.176. The third-order valence-corrected chi connectivity index (χ3v) is 7.85. The van der Waals surface area contributed by atoms with Crippen molar-refractivity contribution in [2.45, 2.75) is 26.8 Å². The lowest BCUT2D eigenvalue weighted by Gasteiger charge is -2.23. The van der Waals surface area contributed by atoms with Crippen LogP contribution in [0.3, 0.4) is 0 Å². The average molecular weight is 523 g/mol. The monoisotopic (exact) mass is 522 g/mol. The van der Waals surface area contributed by atoms with Crippen LogP contribution >= 0.6 is 34.5 Å². The maximum atomic E-state index is 13.4. The van der Waals surface area contributed by atoms with Gasteiger partial charge in [0.25, 0.3) is 5.78 Å². The second-order valence-corrected chi connectivity index (χ2v) is 10.5. The van der Waals surface area contributed by atoms with Crippen LogP contribution in [0.1, 0.15) is 33.9 Å². The van der Waals surface area contributed by atoms with E-state index >= 15 is 0 Å². The molecule has 1 amide bonds. The van der Waals surface area contributed by atoms with Gasteiger partial charge in [0, 0.05) is 5.56 Å². The molecule has 0 spiro atoms. The predicted octanol–water partition coefficient (Wildman–Crippen LogP) is 7.15. The van der Waals surface area contributed by atoms with E-state index in [9.17, 15) is 14.7 Å². The summed E-state index contributed by atoms with van der Waals surface area (Å²) in [7, 11) is 0. The van der Waals surface area contributed by atoms with Crippen LogP contribution < -0.4 is 4.90 Å². The van der Waals surface area contributed by atoms with Gasteiger partial charge in [0.05, 0.1) is 31.9 Å². The van der Waals surface area contributed by atoms with Crippen molar-refractivity contribution in [3.63, 3.8) is 0 Å². The number of thiazole rings is 1. The number of aryl methyl sites for hydroxylation is 3.